The average molecular weight is 448 g/mol. The highest BCUT2D eigenvalue weighted by Gasteiger charge is 2.43. The number of Topliss-reactive ketones (excluding diaryl/α,β-unsaturated/α-hetero) is 1. The number of carbonyl (C=O) groups is 1. The molecule has 0 saturated carbocycles. The molecule has 7 nitrogen and oxygen atoms in total. The highest BCUT2D eigenvalue weighted by molar-refractivity contribution is 6.00. The van der Waals surface area contributed by atoms with E-state index < -0.39 is 11.9 Å². The third-order valence-corrected chi connectivity index (χ3v) is 6.17. The molecule has 1 atom stereocenters. The van der Waals surface area contributed by atoms with Crippen LogP contribution in [0.2, 0.25) is 0 Å². The summed E-state index contributed by atoms with van der Waals surface area (Å²) < 4.78 is 27.4. The van der Waals surface area contributed by atoms with Gasteiger partial charge in [-0.3, -0.25) is 4.79 Å². The second-order valence-corrected chi connectivity index (χ2v) is 9.13. The summed E-state index contributed by atoms with van der Waals surface area (Å²) in [7, 11) is 3.14. The maximum absolute atomic E-state index is 14.5. The Morgan fingerprint density at radius 3 is 2.61 bits per heavy atom. The Labute approximate surface area is 191 Å². The first-order valence-electron chi connectivity index (χ1n) is 10.8. The number of fused-ring (bicyclic) bond motifs is 1. The third kappa shape index (κ3) is 3.46. The van der Waals surface area contributed by atoms with E-state index in [1.807, 2.05) is 12.1 Å². The molecule has 1 aromatic heterocycles. The van der Waals surface area contributed by atoms with E-state index in [1.54, 1.807) is 43.2 Å². The Hall–Kier alpha value is -3.68. The number of ether oxygens (including phenoxy) is 2. The Bertz CT molecular complexity index is 1290. The van der Waals surface area contributed by atoms with Crippen molar-refractivity contribution < 1.29 is 18.7 Å². The van der Waals surface area contributed by atoms with Crippen LogP contribution in [-0.4, -0.2) is 34.8 Å². The number of para-hydroxylation sites is 1. The number of ketones is 1. The largest absolute Gasteiger partial charge is 0.493 e. The van der Waals surface area contributed by atoms with Crippen LogP contribution in [0.4, 0.5) is 10.3 Å². The van der Waals surface area contributed by atoms with Gasteiger partial charge in [-0.2, -0.15) is 4.98 Å². The second-order valence-electron chi connectivity index (χ2n) is 9.13. The number of allylic oxidation sites excluding steroid dienone is 2. The van der Waals surface area contributed by atoms with Gasteiger partial charge in [-0.05, 0) is 30.0 Å². The van der Waals surface area contributed by atoms with Gasteiger partial charge < -0.3 is 14.8 Å². The van der Waals surface area contributed by atoms with Crippen molar-refractivity contribution in [2.45, 2.75) is 32.7 Å². The maximum atomic E-state index is 14.5. The van der Waals surface area contributed by atoms with Gasteiger partial charge in [0, 0.05) is 23.3 Å². The van der Waals surface area contributed by atoms with E-state index in [1.165, 1.54) is 6.07 Å². The molecule has 0 spiro atoms. The summed E-state index contributed by atoms with van der Waals surface area (Å²) in [6.07, 6.45) is 1.10. The van der Waals surface area contributed by atoms with Crippen molar-refractivity contribution in [3.63, 3.8) is 0 Å². The first kappa shape index (κ1) is 21.2. The van der Waals surface area contributed by atoms with Crippen LogP contribution < -0.4 is 14.8 Å². The van der Waals surface area contributed by atoms with Gasteiger partial charge >= 0.3 is 0 Å². The summed E-state index contributed by atoms with van der Waals surface area (Å²) >= 11 is 0. The van der Waals surface area contributed by atoms with Gasteiger partial charge in [0.25, 0.3) is 0 Å². The summed E-state index contributed by atoms with van der Waals surface area (Å²) in [6, 6.07) is 11.3. The van der Waals surface area contributed by atoms with E-state index >= 15 is 0 Å². The number of carbonyl (C=O) groups excluding carboxylic acids is 1. The lowest BCUT2D eigenvalue weighted by molar-refractivity contribution is -0.118. The first-order valence-corrected chi connectivity index (χ1v) is 10.8. The molecule has 3 aromatic rings. The number of hydrogen-bond donors (Lipinski definition) is 1. The zero-order chi connectivity index (χ0) is 23.3. The number of aromatic nitrogens is 3. The lowest BCUT2D eigenvalue weighted by Gasteiger charge is -2.38. The number of nitrogens with one attached hydrogen (secondary N) is 1. The molecule has 0 bridgehead atoms. The minimum atomic E-state index is -0.585. The summed E-state index contributed by atoms with van der Waals surface area (Å²) in [5.74, 6) is 1.39. The van der Waals surface area contributed by atoms with Crippen molar-refractivity contribution in [1.29, 1.82) is 0 Å². The fourth-order valence-corrected chi connectivity index (χ4v) is 4.78. The highest BCUT2D eigenvalue weighted by Crippen LogP contribution is 2.48. The van der Waals surface area contributed by atoms with E-state index in [2.05, 4.69) is 29.2 Å². The molecule has 1 aliphatic carbocycles. The highest BCUT2D eigenvalue weighted by atomic mass is 19.1. The van der Waals surface area contributed by atoms with Crippen LogP contribution in [0.1, 0.15) is 38.3 Å². The summed E-state index contributed by atoms with van der Waals surface area (Å²) in [5, 5.41) is 7.97. The standard InChI is InChI=1S/C25H25FN4O3/c1-25(2)12-17-20(18(31)13-25)21(15-9-7-11-19(32-3)22(15)33-4)30-24(27-17)28-23(29-30)14-8-5-6-10-16(14)26/h5-11,21H,12-13H2,1-4H3,(H,27,28,29). The minimum Gasteiger partial charge on any atom is -0.493 e. The van der Waals surface area contributed by atoms with Crippen LogP contribution in [0, 0.1) is 11.2 Å². The number of rotatable bonds is 4. The molecule has 33 heavy (non-hydrogen) atoms. The number of anilines is 1. The Morgan fingerprint density at radius 2 is 1.88 bits per heavy atom. The van der Waals surface area contributed by atoms with E-state index in [9.17, 15) is 9.18 Å². The van der Waals surface area contributed by atoms with E-state index in [-0.39, 0.29) is 17.0 Å². The molecule has 2 heterocycles. The second kappa shape index (κ2) is 7.72. The normalized spacial score (nSPS) is 18.9. The lowest BCUT2D eigenvalue weighted by Crippen LogP contribution is -2.36. The van der Waals surface area contributed by atoms with Gasteiger partial charge in [-0.25, -0.2) is 9.07 Å². The topological polar surface area (TPSA) is 78.3 Å². The van der Waals surface area contributed by atoms with Crippen molar-refractivity contribution in [2.75, 3.05) is 19.5 Å². The summed E-state index contributed by atoms with van der Waals surface area (Å²) in [6.45, 7) is 4.14. The molecule has 1 aliphatic heterocycles. The molecule has 2 aromatic carbocycles. The van der Waals surface area contributed by atoms with Gasteiger partial charge in [-0.1, -0.05) is 38.1 Å². The predicted molar refractivity (Wildman–Crippen MR) is 122 cm³/mol. The SMILES string of the molecule is COc1cccc(C2C3=C(CC(C)(C)CC3=O)Nc3nc(-c4ccccc4F)nn32)c1OC. The van der Waals surface area contributed by atoms with Crippen molar-refractivity contribution in [2.24, 2.45) is 5.41 Å². The average Bonchev–Trinajstić information content (AvgIpc) is 3.19. The summed E-state index contributed by atoms with van der Waals surface area (Å²) in [5.41, 5.74) is 2.26. The van der Waals surface area contributed by atoms with E-state index in [0.29, 0.717) is 41.4 Å². The third-order valence-electron chi connectivity index (χ3n) is 6.17. The molecular weight excluding hydrogens is 423 g/mol. The number of halogens is 1. The van der Waals surface area contributed by atoms with Crippen LogP contribution in [0.5, 0.6) is 11.5 Å². The van der Waals surface area contributed by atoms with Crippen LogP contribution in [0.25, 0.3) is 11.4 Å². The molecule has 8 heteroatoms. The molecule has 0 saturated heterocycles. The van der Waals surface area contributed by atoms with Gasteiger partial charge in [0.05, 0.1) is 19.8 Å². The molecular formula is C25H25FN4O3. The van der Waals surface area contributed by atoms with Crippen molar-refractivity contribution >= 4 is 11.7 Å². The Kier molecular flexibility index (Phi) is 4.96. The van der Waals surface area contributed by atoms with Crippen LogP contribution in [0.3, 0.4) is 0 Å². The summed E-state index contributed by atoms with van der Waals surface area (Å²) in [4.78, 5) is 18.0. The van der Waals surface area contributed by atoms with Gasteiger partial charge in [-0.15, -0.1) is 5.10 Å². The van der Waals surface area contributed by atoms with E-state index in [4.69, 9.17) is 9.47 Å². The zero-order valence-corrected chi connectivity index (χ0v) is 19.0. The quantitative estimate of drug-likeness (QED) is 0.620. The van der Waals surface area contributed by atoms with Gasteiger partial charge in [0.15, 0.2) is 23.1 Å². The molecule has 0 amide bonds. The Balaban J connectivity index is 1.75. The number of benzene rings is 2. The number of nitrogens with zero attached hydrogens (tertiary/aromatic N) is 3. The molecule has 1 N–H and O–H groups in total. The van der Waals surface area contributed by atoms with Crippen molar-refractivity contribution in [1.82, 2.24) is 14.8 Å². The fraction of sp³-hybridized carbons (Fsp3) is 0.320. The van der Waals surface area contributed by atoms with Crippen LogP contribution in [0.15, 0.2) is 53.7 Å². The van der Waals surface area contributed by atoms with Crippen molar-refractivity contribution in [3.05, 3.63) is 65.1 Å². The molecule has 1 unspecified atom stereocenters. The van der Waals surface area contributed by atoms with Crippen LogP contribution in [-0.2, 0) is 4.79 Å². The number of hydrogen-bond acceptors (Lipinski definition) is 6. The molecule has 5 rings (SSSR count). The Morgan fingerprint density at radius 1 is 1.09 bits per heavy atom. The minimum absolute atomic E-state index is 0.0391. The monoisotopic (exact) mass is 448 g/mol. The van der Waals surface area contributed by atoms with Gasteiger partial charge in [0.1, 0.15) is 11.9 Å². The van der Waals surface area contributed by atoms with E-state index in [0.717, 1.165) is 11.3 Å². The fourth-order valence-electron chi connectivity index (χ4n) is 4.78. The lowest BCUT2D eigenvalue weighted by atomic mass is 9.73. The molecule has 0 radical (unpaired) electrons. The van der Waals surface area contributed by atoms with Crippen molar-refractivity contribution in [3.8, 4) is 22.9 Å². The van der Waals surface area contributed by atoms with Gasteiger partial charge in [0.2, 0.25) is 5.95 Å². The zero-order valence-electron chi connectivity index (χ0n) is 19.0. The smallest absolute Gasteiger partial charge is 0.226 e. The first-order chi connectivity index (χ1) is 15.8. The maximum Gasteiger partial charge on any atom is 0.226 e. The molecule has 2 aliphatic rings. The molecule has 170 valence electrons. The molecule has 0 fully saturated rings. The number of methoxy groups -OCH3 is 2. The van der Waals surface area contributed by atoms with Crippen LogP contribution >= 0.6 is 0 Å². The predicted octanol–water partition coefficient (Wildman–Crippen LogP) is 4.76.